The topological polar surface area (TPSA) is 40.5 Å². The molecule has 10 atom stereocenters. The van der Waals surface area contributed by atoms with Crippen LogP contribution in [0.1, 0.15) is 105 Å². The largest absolute Gasteiger partial charge is 0.393 e. The van der Waals surface area contributed by atoms with Crippen molar-refractivity contribution < 1.29 is 10.2 Å². The van der Waals surface area contributed by atoms with Gasteiger partial charge in [-0.2, -0.15) is 0 Å². The molecule has 0 saturated heterocycles. The first-order chi connectivity index (χ1) is 13.7. The number of hydrogen-bond acceptors (Lipinski definition) is 2. The zero-order valence-electron chi connectivity index (χ0n) is 19.9. The molecule has 2 nitrogen and oxygen atoms in total. The van der Waals surface area contributed by atoms with E-state index in [0.29, 0.717) is 35.5 Å². The quantitative estimate of drug-likeness (QED) is 0.553. The lowest BCUT2D eigenvalue weighted by molar-refractivity contribution is -0.194. The molecular formula is C27H48O2. The summed E-state index contributed by atoms with van der Waals surface area (Å²) in [4.78, 5) is 0. The van der Waals surface area contributed by atoms with E-state index in [1.165, 1.54) is 57.8 Å². The van der Waals surface area contributed by atoms with Gasteiger partial charge in [-0.05, 0) is 90.8 Å². The van der Waals surface area contributed by atoms with Gasteiger partial charge in [-0.25, -0.2) is 0 Å². The van der Waals surface area contributed by atoms with Gasteiger partial charge >= 0.3 is 0 Å². The van der Waals surface area contributed by atoms with Gasteiger partial charge in [-0.15, -0.1) is 0 Å². The summed E-state index contributed by atoms with van der Waals surface area (Å²) < 4.78 is 0. The SMILES string of the molecule is CC(C)CCC[C@@H](C)[C@H]1CC[C@H]2[C@@H]3CC(O)C4CCCC[C@]4(C)[C@H]3CC(O)[C@]12C. The van der Waals surface area contributed by atoms with Crippen LogP contribution in [0.15, 0.2) is 0 Å². The second kappa shape index (κ2) is 8.12. The minimum absolute atomic E-state index is 0.0655. The molecule has 29 heavy (non-hydrogen) atoms. The molecule has 0 aromatic carbocycles. The zero-order chi connectivity index (χ0) is 21.0. The molecule has 4 fully saturated rings. The van der Waals surface area contributed by atoms with E-state index in [-0.39, 0.29) is 23.0 Å². The zero-order valence-corrected chi connectivity index (χ0v) is 19.9. The molecule has 0 amide bonds. The van der Waals surface area contributed by atoms with Gasteiger partial charge in [0.15, 0.2) is 0 Å². The van der Waals surface area contributed by atoms with Crippen LogP contribution < -0.4 is 0 Å². The van der Waals surface area contributed by atoms with Crippen LogP contribution in [0.4, 0.5) is 0 Å². The Balaban J connectivity index is 1.55. The molecule has 168 valence electrons. The molecule has 2 heteroatoms. The monoisotopic (exact) mass is 404 g/mol. The maximum atomic E-state index is 11.6. The minimum atomic E-state index is -0.150. The third-order valence-corrected chi connectivity index (χ3v) is 10.9. The Kier molecular flexibility index (Phi) is 6.19. The first kappa shape index (κ1) is 22.1. The van der Waals surface area contributed by atoms with E-state index < -0.39 is 0 Å². The predicted molar refractivity (Wildman–Crippen MR) is 120 cm³/mol. The Morgan fingerprint density at radius 2 is 1.62 bits per heavy atom. The summed E-state index contributed by atoms with van der Waals surface area (Å²) in [5, 5.41) is 22.8. The lowest BCUT2D eigenvalue weighted by Crippen LogP contribution is -2.61. The maximum Gasteiger partial charge on any atom is 0.0602 e. The highest BCUT2D eigenvalue weighted by molar-refractivity contribution is 5.13. The number of fused-ring (bicyclic) bond motifs is 5. The molecule has 0 aromatic rings. The molecular weight excluding hydrogens is 356 g/mol. The molecule has 0 bridgehead atoms. The second-order valence-electron chi connectivity index (χ2n) is 12.6. The fraction of sp³-hybridized carbons (Fsp3) is 1.00. The van der Waals surface area contributed by atoms with Crippen LogP contribution in [0, 0.1) is 52.3 Å². The first-order valence-electron chi connectivity index (χ1n) is 13.1. The fourth-order valence-electron chi connectivity index (χ4n) is 9.33. The van der Waals surface area contributed by atoms with Crippen LogP contribution in [0.2, 0.25) is 0 Å². The van der Waals surface area contributed by atoms with E-state index in [4.69, 9.17) is 0 Å². The number of rotatable bonds is 5. The smallest absolute Gasteiger partial charge is 0.0602 e. The van der Waals surface area contributed by atoms with Gasteiger partial charge in [0.05, 0.1) is 12.2 Å². The summed E-state index contributed by atoms with van der Waals surface area (Å²) in [6.45, 7) is 12.0. The van der Waals surface area contributed by atoms with Crippen molar-refractivity contribution in [3.63, 3.8) is 0 Å². The van der Waals surface area contributed by atoms with Crippen molar-refractivity contribution in [3.05, 3.63) is 0 Å². The maximum absolute atomic E-state index is 11.6. The minimum Gasteiger partial charge on any atom is -0.393 e. The van der Waals surface area contributed by atoms with Crippen LogP contribution in [0.25, 0.3) is 0 Å². The van der Waals surface area contributed by atoms with Crippen molar-refractivity contribution in [1.29, 1.82) is 0 Å². The lowest BCUT2D eigenvalue weighted by Gasteiger charge is -2.63. The molecule has 0 radical (unpaired) electrons. The summed E-state index contributed by atoms with van der Waals surface area (Å²) in [5.41, 5.74) is 0.319. The Hall–Kier alpha value is -0.0800. The van der Waals surface area contributed by atoms with Gasteiger partial charge in [0.1, 0.15) is 0 Å². The van der Waals surface area contributed by atoms with Gasteiger partial charge in [-0.3, -0.25) is 0 Å². The van der Waals surface area contributed by atoms with Crippen molar-refractivity contribution >= 4 is 0 Å². The highest BCUT2D eigenvalue weighted by atomic mass is 16.3. The van der Waals surface area contributed by atoms with Crippen molar-refractivity contribution in [3.8, 4) is 0 Å². The number of aliphatic hydroxyl groups is 2. The van der Waals surface area contributed by atoms with Gasteiger partial charge in [0, 0.05) is 0 Å². The lowest BCUT2D eigenvalue weighted by atomic mass is 9.43. The van der Waals surface area contributed by atoms with E-state index in [0.717, 1.165) is 18.8 Å². The molecule has 0 spiro atoms. The molecule has 0 aromatic heterocycles. The summed E-state index contributed by atoms with van der Waals surface area (Å²) in [6, 6.07) is 0. The summed E-state index contributed by atoms with van der Waals surface area (Å²) >= 11 is 0. The highest BCUT2D eigenvalue weighted by Crippen LogP contribution is 2.68. The van der Waals surface area contributed by atoms with Crippen LogP contribution in [0.3, 0.4) is 0 Å². The number of hydrogen-bond donors (Lipinski definition) is 2. The van der Waals surface area contributed by atoms with Crippen LogP contribution in [-0.4, -0.2) is 22.4 Å². The van der Waals surface area contributed by atoms with Crippen LogP contribution >= 0.6 is 0 Å². The average molecular weight is 405 g/mol. The van der Waals surface area contributed by atoms with E-state index in [9.17, 15) is 10.2 Å². The van der Waals surface area contributed by atoms with Crippen molar-refractivity contribution in [2.45, 2.75) is 117 Å². The Labute approximate surface area is 180 Å². The molecule has 4 saturated carbocycles. The molecule has 0 heterocycles. The second-order valence-corrected chi connectivity index (χ2v) is 12.6. The van der Waals surface area contributed by atoms with Crippen molar-refractivity contribution in [2.24, 2.45) is 52.3 Å². The van der Waals surface area contributed by atoms with E-state index in [1.807, 2.05) is 0 Å². The Morgan fingerprint density at radius 3 is 2.34 bits per heavy atom. The Bertz CT molecular complexity index is 573. The molecule has 2 N–H and O–H groups in total. The summed E-state index contributed by atoms with van der Waals surface area (Å²) in [7, 11) is 0. The summed E-state index contributed by atoms with van der Waals surface area (Å²) in [5.74, 6) is 4.50. The van der Waals surface area contributed by atoms with Gasteiger partial charge < -0.3 is 10.2 Å². The predicted octanol–water partition coefficient (Wildman–Crippen LogP) is 6.44. The van der Waals surface area contributed by atoms with E-state index >= 15 is 0 Å². The summed E-state index contributed by atoms with van der Waals surface area (Å²) in [6.07, 6.45) is 13.4. The standard InChI is InChI=1S/C27H48O2/c1-17(2)9-8-10-18(3)20-12-13-21-19-15-24(28)22-11-6-7-14-26(22,4)23(19)16-25(29)27(20,21)5/h17-25,28-29H,6-16H2,1-5H3/t18-,19+,20-,21+,22?,23+,24?,25?,26+,27-/m1/s1. The van der Waals surface area contributed by atoms with Gasteiger partial charge in [-0.1, -0.05) is 66.7 Å². The molecule has 4 rings (SSSR count). The average Bonchev–Trinajstić information content (AvgIpc) is 3.02. The normalized spacial score (nSPS) is 50.7. The Morgan fingerprint density at radius 1 is 0.862 bits per heavy atom. The van der Waals surface area contributed by atoms with E-state index in [2.05, 4.69) is 34.6 Å². The van der Waals surface area contributed by atoms with Gasteiger partial charge in [0.2, 0.25) is 0 Å². The number of aliphatic hydroxyl groups excluding tert-OH is 2. The third-order valence-electron chi connectivity index (χ3n) is 10.9. The third kappa shape index (κ3) is 3.53. The van der Waals surface area contributed by atoms with Crippen molar-refractivity contribution in [2.75, 3.05) is 0 Å². The molecule has 4 aliphatic rings. The van der Waals surface area contributed by atoms with Gasteiger partial charge in [0.25, 0.3) is 0 Å². The highest BCUT2D eigenvalue weighted by Gasteiger charge is 2.64. The van der Waals surface area contributed by atoms with Crippen LogP contribution in [-0.2, 0) is 0 Å². The van der Waals surface area contributed by atoms with Crippen LogP contribution in [0.5, 0.6) is 0 Å². The molecule has 0 aliphatic heterocycles. The van der Waals surface area contributed by atoms with Crippen molar-refractivity contribution in [1.82, 2.24) is 0 Å². The van der Waals surface area contributed by atoms with E-state index in [1.54, 1.807) is 0 Å². The molecule has 4 aliphatic carbocycles. The first-order valence-corrected chi connectivity index (χ1v) is 13.1. The fourth-order valence-corrected chi connectivity index (χ4v) is 9.33. The molecule has 3 unspecified atom stereocenters.